The number of rotatable bonds is 3. The van der Waals surface area contributed by atoms with Crippen LogP contribution in [0.1, 0.15) is 74.1 Å². The lowest BCUT2D eigenvalue weighted by Crippen LogP contribution is -2.33. The lowest BCUT2D eigenvalue weighted by Gasteiger charge is -2.29. The summed E-state index contributed by atoms with van der Waals surface area (Å²) in [7, 11) is 0. The lowest BCUT2D eigenvalue weighted by molar-refractivity contribution is -0.163. The monoisotopic (exact) mass is 230 g/mol. The summed E-state index contributed by atoms with van der Waals surface area (Å²) in [5.74, 6) is -0.0327. The van der Waals surface area contributed by atoms with Crippen LogP contribution in [-0.2, 0) is 9.53 Å². The minimum absolute atomic E-state index is 0.0327. The Balaban J connectivity index is 0. The topological polar surface area (TPSA) is 26.3 Å². The molecule has 0 unspecified atom stereocenters. The molecule has 1 rings (SSSR count). The fourth-order valence-corrected chi connectivity index (χ4v) is 0.944. The van der Waals surface area contributed by atoms with Crippen molar-refractivity contribution in [2.45, 2.75) is 80.3 Å². The molecule has 98 valence electrons. The second kappa shape index (κ2) is 9.68. The van der Waals surface area contributed by atoms with E-state index in [1.807, 2.05) is 48.5 Å². The van der Waals surface area contributed by atoms with Gasteiger partial charge in [0.05, 0.1) is 5.41 Å². The van der Waals surface area contributed by atoms with Gasteiger partial charge in [-0.05, 0) is 39.5 Å². The van der Waals surface area contributed by atoms with E-state index in [1.54, 1.807) is 0 Å². The van der Waals surface area contributed by atoms with Crippen LogP contribution in [-0.4, -0.2) is 12.1 Å². The van der Waals surface area contributed by atoms with E-state index in [1.165, 1.54) is 6.42 Å². The molecular weight excluding hydrogens is 200 g/mol. The van der Waals surface area contributed by atoms with Crippen LogP contribution in [0.2, 0.25) is 0 Å². The van der Waals surface area contributed by atoms with Crippen molar-refractivity contribution in [1.82, 2.24) is 0 Å². The van der Waals surface area contributed by atoms with Crippen molar-refractivity contribution in [3.05, 3.63) is 0 Å². The van der Waals surface area contributed by atoms with E-state index in [-0.39, 0.29) is 17.5 Å². The van der Waals surface area contributed by atoms with Crippen molar-refractivity contribution in [2.75, 3.05) is 0 Å². The molecule has 1 fully saturated rings. The number of esters is 1. The molecule has 0 N–H and O–H groups in total. The quantitative estimate of drug-likeness (QED) is 0.664. The Hall–Kier alpha value is -0.530. The van der Waals surface area contributed by atoms with E-state index >= 15 is 0 Å². The number of hydrogen-bond acceptors (Lipinski definition) is 2. The van der Waals surface area contributed by atoms with E-state index < -0.39 is 0 Å². The fraction of sp³-hybridized carbons (Fsp3) is 0.929. The maximum atomic E-state index is 11.5. The van der Waals surface area contributed by atoms with Gasteiger partial charge in [-0.3, -0.25) is 4.79 Å². The standard InChI is InChI=1S/C10H18O2.2C2H6/c1-4-10(2,3)9(11)12-8-6-5-7-8;2*1-2/h8H,4-7H2,1-3H3;2*1-2H3. The molecule has 16 heavy (non-hydrogen) atoms. The first-order valence-corrected chi connectivity index (χ1v) is 6.77. The van der Waals surface area contributed by atoms with Gasteiger partial charge in [0.25, 0.3) is 0 Å². The second-order valence-corrected chi connectivity index (χ2v) is 4.20. The van der Waals surface area contributed by atoms with Crippen LogP contribution in [0.25, 0.3) is 0 Å². The van der Waals surface area contributed by atoms with E-state index in [0.29, 0.717) is 0 Å². The Morgan fingerprint density at radius 3 is 1.88 bits per heavy atom. The molecule has 0 heterocycles. The zero-order valence-corrected chi connectivity index (χ0v) is 12.2. The first-order chi connectivity index (χ1) is 7.56. The predicted molar refractivity (Wildman–Crippen MR) is 70.5 cm³/mol. The summed E-state index contributed by atoms with van der Waals surface area (Å²) in [5, 5.41) is 0. The van der Waals surface area contributed by atoms with E-state index in [2.05, 4.69) is 0 Å². The van der Waals surface area contributed by atoms with Gasteiger partial charge in [-0.15, -0.1) is 0 Å². The average molecular weight is 230 g/mol. The molecule has 2 heteroatoms. The summed E-state index contributed by atoms with van der Waals surface area (Å²) in [5.41, 5.74) is -0.296. The number of hydrogen-bond donors (Lipinski definition) is 0. The van der Waals surface area contributed by atoms with Crippen molar-refractivity contribution in [1.29, 1.82) is 0 Å². The van der Waals surface area contributed by atoms with Gasteiger partial charge in [-0.25, -0.2) is 0 Å². The van der Waals surface area contributed by atoms with Crippen LogP contribution in [0.15, 0.2) is 0 Å². The molecule has 0 saturated heterocycles. The maximum Gasteiger partial charge on any atom is 0.311 e. The van der Waals surface area contributed by atoms with Crippen LogP contribution < -0.4 is 0 Å². The van der Waals surface area contributed by atoms with Gasteiger partial charge in [0, 0.05) is 0 Å². The van der Waals surface area contributed by atoms with Gasteiger partial charge in [-0.2, -0.15) is 0 Å². The molecule has 0 aliphatic heterocycles. The molecule has 0 radical (unpaired) electrons. The summed E-state index contributed by atoms with van der Waals surface area (Å²) in [4.78, 5) is 11.5. The maximum absolute atomic E-state index is 11.5. The van der Waals surface area contributed by atoms with Crippen LogP contribution in [0.4, 0.5) is 0 Å². The van der Waals surface area contributed by atoms with E-state index in [9.17, 15) is 4.79 Å². The highest BCUT2D eigenvalue weighted by Crippen LogP contribution is 2.27. The predicted octanol–water partition coefficient (Wildman–Crippen LogP) is 4.57. The Morgan fingerprint density at radius 2 is 1.62 bits per heavy atom. The van der Waals surface area contributed by atoms with Gasteiger partial charge in [0.2, 0.25) is 0 Å². The molecule has 0 atom stereocenters. The third-order valence-electron chi connectivity index (χ3n) is 2.76. The summed E-state index contributed by atoms with van der Waals surface area (Å²) in [6.07, 6.45) is 4.41. The van der Waals surface area contributed by atoms with Crippen LogP contribution in [0.5, 0.6) is 0 Å². The largest absolute Gasteiger partial charge is 0.462 e. The third kappa shape index (κ3) is 6.14. The van der Waals surface area contributed by atoms with Crippen LogP contribution >= 0.6 is 0 Å². The van der Waals surface area contributed by atoms with Crippen molar-refractivity contribution in [3.63, 3.8) is 0 Å². The normalized spacial score (nSPS) is 14.7. The summed E-state index contributed by atoms with van der Waals surface area (Å²) >= 11 is 0. The zero-order chi connectivity index (χ0) is 13.2. The van der Waals surface area contributed by atoms with E-state index in [4.69, 9.17) is 4.74 Å². The van der Waals surface area contributed by atoms with Crippen molar-refractivity contribution < 1.29 is 9.53 Å². The van der Waals surface area contributed by atoms with Gasteiger partial charge < -0.3 is 4.74 Å². The van der Waals surface area contributed by atoms with Crippen LogP contribution in [0, 0.1) is 5.41 Å². The Morgan fingerprint density at radius 1 is 1.19 bits per heavy atom. The number of carbonyl (C=O) groups excluding carboxylic acids is 1. The molecule has 2 nitrogen and oxygen atoms in total. The molecule has 0 aromatic rings. The average Bonchev–Trinajstić information content (AvgIpc) is 2.28. The molecule has 0 spiro atoms. The smallest absolute Gasteiger partial charge is 0.311 e. The molecule has 0 bridgehead atoms. The lowest BCUT2D eigenvalue weighted by atomic mass is 9.89. The molecule has 1 aliphatic rings. The third-order valence-corrected chi connectivity index (χ3v) is 2.76. The van der Waals surface area contributed by atoms with Crippen molar-refractivity contribution in [2.24, 2.45) is 5.41 Å². The van der Waals surface area contributed by atoms with Gasteiger partial charge in [0.15, 0.2) is 0 Å². The van der Waals surface area contributed by atoms with Crippen LogP contribution in [0.3, 0.4) is 0 Å². The minimum atomic E-state index is -0.296. The molecule has 1 saturated carbocycles. The highest BCUT2D eigenvalue weighted by atomic mass is 16.5. The molecule has 1 aliphatic carbocycles. The number of ether oxygens (including phenoxy) is 1. The Bertz CT molecular complexity index is 170. The first kappa shape index (κ1) is 17.9. The van der Waals surface area contributed by atoms with E-state index in [0.717, 1.165) is 19.3 Å². The highest BCUT2D eigenvalue weighted by molar-refractivity contribution is 5.76. The van der Waals surface area contributed by atoms with Crippen molar-refractivity contribution in [3.8, 4) is 0 Å². The summed E-state index contributed by atoms with van der Waals surface area (Å²) in [6.45, 7) is 13.9. The highest BCUT2D eigenvalue weighted by Gasteiger charge is 2.31. The second-order valence-electron chi connectivity index (χ2n) is 4.20. The number of carbonyl (C=O) groups is 1. The molecular formula is C14H30O2. The van der Waals surface area contributed by atoms with Gasteiger partial charge >= 0.3 is 5.97 Å². The minimum Gasteiger partial charge on any atom is -0.462 e. The Kier molecular flexibility index (Phi) is 10.8. The SMILES string of the molecule is CC.CC.CCC(C)(C)C(=O)OC1CCC1. The zero-order valence-electron chi connectivity index (χ0n) is 12.2. The summed E-state index contributed by atoms with van der Waals surface area (Å²) in [6, 6.07) is 0. The summed E-state index contributed by atoms with van der Waals surface area (Å²) < 4.78 is 5.30. The van der Waals surface area contributed by atoms with Gasteiger partial charge in [-0.1, -0.05) is 34.6 Å². The van der Waals surface area contributed by atoms with Gasteiger partial charge in [0.1, 0.15) is 6.10 Å². The molecule has 0 aromatic carbocycles. The first-order valence-electron chi connectivity index (χ1n) is 6.77. The van der Waals surface area contributed by atoms with Crippen molar-refractivity contribution >= 4 is 5.97 Å². The Labute approximate surface area is 102 Å². The molecule has 0 amide bonds. The fourth-order valence-electron chi connectivity index (χ4n) is 0.944. The molecule has 0 aromatic heterocycles.